The van der Waals surface area contributed by atoms with E-state index in [9.17, 15) is 0 Å². The van der Waals surface area contributed by atoms with Crippen molar-refractivity contribution in [1.82, 2.24) is 19.6 Å². The number of fused-ring (bicyclic) bond motifs is 1. The predicted molar refractivity (Wildman–Crippen MR) is 91.1 cm³/mol. The third kappa shape index (κ3) is 2.77. The monoisotopic (exact) mass is 327 g/mol. The van der Waals surface area contributed by atoms with Crippen molar-refractivity contribution in [3.05, 3.63) is 53.1 Å². The Kier molecular flexibility index (Phi) is 3.65. The van der Waals surface area contributed by atoms with Crippen molar-refractivity contribution in [2.24, 2.45) is 0 Å². The van der Waals surface area contributed by atoms with E-state index in [-0.39, 0.29) is 0 Å². The highest BCUT2D eigenvalue weighted by Crippen LogP contribution is 2.24. The first-order valence-corrected chi connectivity index (χ1v) is 8.30. The first-order chi connectivity index (χ1) is 11.2. The molecular weight excluding hydrogens is 310 g/mol. The highest BCUT2D eigenvalue weighted by Gasteiger charge is 2.21. The van der Waals surface area contributed by atoms with Gasteiger partial charge < -0.3 is 4.90 Å². The van der Waals surface area contributed by atoms with Crippen molar-refractivity contribution in [1.29, 1.82) is 0 Å². The zero-order chi connectivity index (χ0) is 15.8. The van der Waals surface area contributed by atoms with Crippen molar-refractivity contribution in [2.75, 3.05) is 11.4 Å². The normalized spacial score (nSPS) is 18.0. The lowest BCUT2D eigenvalue weighted by Crippen LogP contribution is -2.27. The lowest BCUT2D eigenvalue weighted by molar-refractivity contribution is 0.725. The van der Waals surface area contributed by atoms with Crippen LogP contribution in [0.4, 0.5) is 5.82 Å². The molecule has 1 atom stereocenters. The van der Waals surface area contributed by atoms with E-state index < -0.39 is 0 Å². The number of anilines is 1. The summed E-state index contributed by atoms with van der Waals surface area (Å²) in [5.41, 5.74) is 2.89. The molecule has 0 aliphatic carbocycles. The summed E-state index contributed by atoms with van der Waals surface area (Å²) in [4.78, 5) is 11.6. The highest BCUT2D eigenvalue weighted by atomic mass is 35.5. The number of rotatable bonds is 3. The van der Waals surface area contributed by atoms with E-state index in [2.05, 4.69) is 40.1 Å². The maximum atomic E-state index is 6.11. The van der Waals surface area contributed by atoms with Crippen LogP contribution in [0.3, 0.4) is 0 Å². The van der Waals surface area contributed by atoms with Crippen molar-refractivity contribution in [3.63, 3.8) is 0 Å². The Morgan fingerprint density at radius 3 is 3.09 bits per heavy atom. The molecular formula is C17H18ClN5. The van der Waals surface area contributed by atoms with Crippen LogP contribution in [0.5, 0.6) is 0 Å². The Labute approximate surface area is 139 Å². The highest BCUT2D eigenvalue weighted by molar-refractivity contribution is 6.29. The zero-order valence-electron chi connectivity index (χ0n) is 13.0. The molecule has 5 nitrogen and oxygen atoms in total. The third-order valence-electron chi connectivity index (χ3n) is 4.42. The van der Waals surface area contributed by atoms with Crippen LogP contribution in [0, 0.1) is 0 Å². The van der Waals surface area contributed by atoms with Gasteiger partial charge in [-0.25, -0.2) is 14.5 Å². The first kappa shape index (κ1) is 14.5. The molecule has 118 valence electrons. The van der Waals surface area contributed by atoms with Gasteiger partial charge in [-0.05, 0) is 38.0 Å². The quantitative estimate of drug-likeness (QED) is 0.740. The standard InChI is InChI=1S/C17H18ClN5/c1-12-4-3-8-22(12)16-6-2-5-14(20-16)10-13-11-15(18)21-23-9-7-19-17(13)23/h2,5-7,9,11-12H,3-4,8,10H2,1H3. The Bertz CT molecular complexity index is 844. The molecule has 3 aromatic heterocycles. The van der Waals surface area contributed by atoms with Crippen LogP contribution in [-0.4, -0.2) is 32.2 Å². The molecule has 0 radical (unpaired) electrons. The van der Waals surface area contributed by atoms with Gasteiger partial charge in [0.25, 0.3) is 0 Å². The van der Waals surface area contributed by atoms with Crippen LogP contribution < -0.4 is 4.90 Å². The molecule has 1 unspecified atom stereocenters. The molecule has 4 rings (SSSR count). The van der Waals surface area contributed by atoms with Gasteiger partial charge >= 0.3 is 0 Å². The summed E-state index contributed by atoms with van der Waals surface area (Å²) in [6.07, 6.45) is 6.71. The van der Waals surface area contributed by atoms with Crippen LogP contribution in [0.2, 0.25) is 5.15 Å². The third-order valence-corrected chi connectivity index (χ3v) is 4.60. The second kappa shape index (κ2) is 5.81. The molecule has 4 heterocycles. The van der Waals surface area contributed by atoms with E-state index in [4.69, 9.17) is 16.6 Å². The summed E-state index contributed by atoms with van der Waals surface area (Å²) in [6, 6.07) is 8.66. The molecule has 0 bridgehead atoms. The van der Waals surface area contributed by atoms with Crippen LogP contribution in [0.25, 0.3) is 5.65 Å². The Morgan fingerprint density at radius 1 is 1.35 bits per heavy atom. The zero-order valence-corrected chi connectivity index (χ0v) is 13.7. The van der Waals surface area contributed by atoms with E-state index in [1.54, 1.807) is 16.9 Å². The predicted octanol–water partition coefficient (Wildman–Crippen LogP) is 3.36. The minimum absolute atomic E-state index is 0.467. The van der Waals surface area contributed by atoms with Crippen LogP contribution in [0.15, 0.2) is 36.7 Å². The number of halogens is 1. The largest absolute Gasteiger partial charge is 0.354 e. The van der Waals surface area contributed by atoms with Gasteiger partial charge in [0, 0.05) is 42.7 Å². The second-order valence-electron chi connectivity index (χ2n) is 6.04. The van der Waals surface area contributed by atoms with Gasteiger partial charge in [0.2, 0.25) is 0 Å². The topological polar surface area (TPSA) is 46.3 Å². The molecule has 0 amide bonds. The van der Waals surface area contributed by atoms with Crippen LogP contribution >= 0.6 is 11.6 Å². The molecule has 1 saturated heterocycles. The fourth-order valence-corrected chi connectivity index (χ4v) is 3.49. The van der Waals surface area contributed by atoms with E-state index in [1.807, 2.05) is 6.07 Å². The SMILES string of the molecule is CC1CCCN1c1cccc(Cc2cc(Cl)nn3ccnc23)n1. The lowest BCUT2D eigenvalue weighted by atomic mass is 10.1. The summed E-state index contributed by atoms with van der Waals surface area (Å²) in [5.74, 6) is 1.06. The lowest BCUT2D eigenvalue weighted by Gasteiger charge is -2.23. The molecule has 0 saturated carbocycles. The van der Waals surface area contributed by atoms with E-state index in [0.29, 0.717) is 17.6 Å². The van der Waals surface area contributed by atoms with E-state index in [1.165, 1.54) is 12.8 Å². The fraction of sp³-hybridized carbons (Fsp3) is 0.353. The van der Waals surface area contributed by atoms with Crippen LogP contribution in [-0.2, 0) is 6.42 Å². The van der Waals surface area contributed by atoms with Crippen molar-refractivity contribution in [3.8, 4) is 0 Å². The number of hydrogen-bond donors (Lipinski definition) is 0. The van der Waals surface area contributed by atoms with Gasteiger partial charge in [0.15, 0.2) is 5.65 Å². The van der Waals surface area contributed by atoms with Gasteiger partial charge in [0.1, 0.15) is 11.0 Å². The minimum Gasteiger partial charge on any atom is -0.354 e. The van der Waals surface area contributed by atoms with Crippen molar-refractivity contribution < 1.29 is 0 Å². The molecule has 6 heteroatoms. The molecule has 1 fully saturated rings. The summed E-state index contributed by atoms with van der Waals surface area (Å²) in [7, 11) is 0. The Balaban J connectivity index is 1.67. The summed E-state index contributed by atoms with van der Waals surface area (Å²) in [5, 5.41) is 4.69. The van der Waals surface area contributed by atoms with Gasteiger partial charge in [-0.2, -0.15) is 5.10 Å². The summed E-state index contributed by atoms with van der Waals surface area (Å²) >= 11 is 6.11. The van der Waals surface area contributed by atoms with E-state index in [0.717, 1.165) is 29.3 Å². The average Bonchev–Trinajstić information content (AvgIpc) is 3.16. The summed E-state index contributed by atoms with van der Waals surface area (Å²) in [6.45, 7) is 3.35. The van der Waals surface area contributed by atoms with Gasteiger partial charge in [0.05, 0.1) is 0 Å². The van der Waals surface area contributed by atoms with Gasteiger partial charge in [-0.3, -0.25) is 0 Å². The average molecular weight is 328 g/mol. The second-order valence-corrected chi connectivity index (χ2v) is 6.42. The fourth-order valence-electron chi connectivity index (χ4n) is 3.27. The first-order valence-electron chi connectivity index (χ1n) is 7.92. The summed E-state index contributed by atoms with van der Waals surface area (Å²) < 4.78 is 1.71. The van der Waals surface area contributed by atoms with Crippen molar-refractivity contribution in [2.45, 2.75) is 32.2 Å². The van der Waals surface area contributed by atoms with Gasteiger partial charge in [-0.1, -0.05) is 17.7 Å². The van der Waals surface area contributed by atoms with Gasteiger partial charge in [-0.15, -0.1) is 0 Å². The molecule has 1 aliphatic rings. The molecule has 0 N–H and O–H groups in total. The molecule has 23 heavy (non-hydrogen) atoms. The maximum Gasteiger partial charge on any atom is 0.157 e. The van der Waals surface area contributed by atoms with Crippen LogP contribution in [0.1, 0.15) is 31.0 Å². The molecule has 0 spiro atoms. The number of pyridine rings is 1. The molecule has 1 aliphatic heterocycles. The molecule has 3 aromatic rings. The molecule has 0 aromatic carbocycles. The van der Waals surface area contributed by atoms with E-state index >= 15 is 0 Å². The van der Waals surface area contributed by atoms with Crippen molar-refractivity contribution >= 4 is 23.1 Å². The number of imidazole rings is 1. The number of aromatic nitrogens is 4. The maximum absolute atomic E-state index is 6.11. The Hall–Kier alpha value is -2.14. The number of nitrogens with zero attached hydrogens (tertiary/aromatic N) is 5. The smallest absolute Gasteiger partial charge is 0.157 e. The number of hydrogen-bond acceptors (Lipinski definition) is 4. The Morgan fingerprint density at radius 2 is 2.26 bits per heavy atom. The minimum atomic E-state index is 0.467.